The van der Waals surface area contributed by atoms with E-state index in [1.165, 1.54) is 12.8 Å². The Morgan fingerprint density at radius 1 is 1.26 bits per heavy atom. The lowest BCUT2D eigenvalue weighted by Crippen LogP contribution is -2.49. The molecule has 2 N–H and O–H groups in total. The number of carbonyl (C=O) groups is 1. The molecule has 19 heavy (non-hydrogen) atoms. The highest BCUT2D eigenvalue weighted by Crippen LogP contribution is 2.18. The van der Waals surface area contributed by atoms with Crippen LogP contribution in [0.15, 0.2) is 0 Å². The summed E-state index contributed by atoms with van der Waals surface area (Å²) < 4.78 is 0. The molecule has 112 valence electrons. The number of hydrogen-bond acceptors (Lipinski definition) is 3. The smallest absolute Gasteiger partial charge is 0.237 e. The molecule has 4 heteroatoms. The third-order valence-corrected chi connectivity index (χ3v) is 3.94. The van der Waals surface area contributed by atoms with Gasteiger partial charge < -0.3 is 10.6 Å². The minimum Gasteiger partial charge on any atom is -0.355 e. The number of nitrogens with one attached hydrogen (secondary N) is 2. The zero-order valence-corrected chi connectivity index (χ0v) is 13.0. The van der Waals surface area contributed by atoms with Gasteiger partial charge in [0.1, 0.15) is 0 Å². The van der Waals surface area contributed by atoms with Crippen molar-refractivity contribution in [3.05, 3.63) is 0 Å². The van der Waals surface area contributed by atoms with Gasteiger partial charge in [-0.1, -0.05) is 20.8 Å². The van der Waals surface area contributed by atoms with Crippen molar-refractivity contribution in [2.45, 2.75) is 59.0 Å². The van der Waals surface area contributed by atoms with Gasteiger partial charge in [-0.05, 0) is 51.7 Å². The number of piperidine rings is 1. The Labute approximate surface area is 118 Å². The fourth-order valence-corrected chi connectivity index (χ4v) is 2.51. The van der Waals surface area contributed by atoms with Crippen molar-refractivity contribution < 1.29 is 4.79 Å². The molecule has 0 radical (unpaired) electrons. The van der Waals surface area contributed by atoms with Crippen LogP contribution in [0.5, 0.6) is 0 Å². The zero-order chi connectivity index (χ0) is 14.3. The van der Waals surface area contributed by atoms with E-state index in [1.54, 1.807) is 0 Å². The summed E-state index contributed by atoms with van der Waals surface area (Å²) >= 11 is 0. The van der Waals surface area contributed by atoms with Gasteiger partial charge in [0.2, 0.25) is 5.91 Å². The predicted molar refractivity (Wildman–Crippen MR) is 80.2 cm³/mol. The summed E-state index contributed by atoms with van der Waals surface area (Å²) in [7, 11) is 0. The maximum atomic E-state index is 11.9. The molecule has 0 aromatic carbocycles. The van der Waals surface area contributed by atoms with Crippen molar-refractivity contribution in [2.24, 2.45) is 5.92 Å². The molecular weight excluding hydrogens is 238 g/mol. The molecule has 1 atom stereocenters. The maximum Gasteiger partial charge on any atom is 0.237 e. The standard InChI is InChI=1S/C15H31N3O/c1-5-8-16-15(19)13(4)18-9-6-14(7-10-18)11-17-12(2)3/h12-14,17H,5-11H2,1-4H3,(H,16,19). The Morgan fingerprint density at radius 3 is 2.42 bits per heavy atom. The summed E-state index contributed by atoms with van der Waals surface area (Å²) in [5.74, 6) is 0.949. The second-order valence-electron chi connectivity index (χ2n) is 6.01. The lowest BCUT2D eigenvalue weighted by Gasteiger charge is -2.35. The van der Waals surface area contributed by atoms with Crippen LogP contribution in [0.2, 0.25) is 0 Å². The van der Waals surface area contributed by atoms with E-state index in [2.05, 4.69) is 36.3 Å². The number of amides is 1. The molecule has 1 heterocycles. The maximum absolute atomic E-state index is 11.9. The molecule has 1 saturated heterocycles. The summed E-state index contributed by atoms with van der Waals surface area (Å²) in [6.45, 7) is 12.5. The van der Waals surface area contributed by atoms with Gasteiger partial charge in [-0.3, -0.25) is 9.69 Å². The molecule has 0 bridgehead atoms. The van der Waals surface area contributed by atoms with Crippen LogP contribution in [-0.2, 0) is 4.79 Å². The number of nitrogens with zero attached hydrogens (tertiary/aromatic N) is 1. The van der Waals surface area contributed by atoms with E-state index in [0.717, 1.165) is 38.5 Å². The van der Waals surface area contributed by atoms with Gasteiger partial charge in [-0.15, -0.1) is 0 Å². The second-order valence-corrected chi connectivity index (χ2v) is 6.01. The molecule has 1 aliphatic rings. The minimum absolute atomic E-state index is 0.0190. The van der Waals surface area contributed by atoms with E-state index in [1.807, 2.05) is 6.92 Å². The molecule has 0 aliphatic carbocycles. The van der Waals surface area contributed by atoms with Crippen molar-refractivity contribution in [3.8, 4) is 0 Å². The minimum atomic E-state index is 0.0190. The Bertz CT molecular complexity index is 260. The fraction of sp³-hybridized carbons (Fsp3) is 0.933. The highest BCUT2D eigenvalue weighted by molar-refractivity contribution is 5.81. The summed E-state index contributed by atoms with van der Waals surface area (Å²) in [5, 5.41) is 6.50. The van der Waals surface area contributed by atoms with Crippen molar-refractivity contribution in [1.29, 1.82) is 0 Å². The third kappa shape index (κ3) is 5.91. The molecule has 1 rings (SSSR count). The van der Waals surface area contributed by atoms with Crippen LogP contribution in [0.25, 0.3) is 0 Å². The Hall–Kier alpha value is -0.610. The fourth-order valence-electron chi connectivity index (χ4n) is 2.51. The van der Waals surface area contributed by atoms with E-state index >= 15 is 0 Å². The summed E-state index contributed by atoms with van der Waals surface area (Å²) in [6.07, 6.45) is 3.40. The van der Waals surface area contributed by atoms with E-state index in [0.29, 0.717) is 6.04 Å². The van der Waals surface area contributed by atoms with Crippen molar-refractivity contribution in [2.75, 3.05) is 26.2 Å². The van der Waals surface area contributed by atoms with Crippen LogP contribution in [0.1, 0.15) is 47.0 Å². The van der Waals surface area contributed by atoms with Crippen LogP contribution in [0, 0.1) is 5.92 Å². The SMILES string of the molecule is CCCNC(=O)C(C)N1CCC(CNC(C)C)CC1. The van der Waals surface area contributed by atoms with Gasteiger partial charge in [-0.2, -0.15) is 0 Å². The molecular formula is C15H31N3O. The molecule has 4 nitrogen and oxygen atoms in total. The van der Waals surface area contributed by atoms with Crippen molar-refractivity contribution in [1.82, 2.24) is 15.5 Å². The third-order valence-electron chi connectivity index (χ3n) is 3.94. The van der Waals surface area contributed by atoms with Gasteiger partial charge in [0, 0.05) is 12.6 Å². The van der Waals surface area contributed by atoms with Crippen LogP contribution in [0.3, 0.4) is 0 Å². The van der Waals surface area contributed by atoms with E-state index < -0.39 is 0 Å². The monoisotopic (exact) mass is 269 g/mol. The summed E-state index contributed by atoms with van der Waals surface area (Å²) in [4.78, 5) is 14.2. The number of rotatable bonds is 7. The molecule has 1 aliphatic heterocycles. The Balaban J connectivity index is 2.26. The summed E-state index contributed by atoms with van der Waals surface area (Å²) in [5.41, 5.74) is 0. The lowest BCUT2D eigenvalue weighted by atomic mass is 9.95. The summed E-state index contributed by atoms with van der Waals surface area (Å²) in [6, 6.07) is 0.585. The second kappa shape index (κ2) is 8.54. The van der Waals surface area contributed by atoms with Gasteiger partial charge >= 0.3 is 0 Å². The molecule has 0 saturated carbocycles. The Kier molecular flexibility index (Phi) is 7.39. The molecule has 1 fully saturated rings. The number of likely N-dealkylation sites (tertiary alicyclic amines) is 1. The first-order valence-corrected chi connectivity index (χ1v) is 7.79. The van der Waals surface area contributed by atoms with E-state index in [4.69, 9.17) is 0 Å². The first-order chi connectivity index (χ1) is 9.04. The topological polar surface area (TPSA) is 44.4 Å². The molecule has 0 spiro atoms. The van der Waals surface area contributed by atoms with Gasteiger partial charge in [0.05, 0.1) is 6.04 Å². The highest BCUT2D eigenvalue weighted by Gasteiger charge is 2.26. The van der Waals surface area contributed by atoms with Crippen LogP contribution in [-0.4, -0.2) is 49.1 Å². The van der Waals surface area contributed by atoms with Crippen LogP contribution >= 0.6 is 0 Å². The largest absolute Gasteiger partial charge is 0.355 e. The Morgan fingerprint density at radius 2 is 1.89 bits per heavy atom. The van der Waals surface area contributed by atoms with Gasteiger partial charge in [0.25, 0.3) is 0 Å². The zero-order valence-electron chi connectivity index (χ0n) is 13.0. The van der Waals surface area contributed by atoms with E-state index in [-0.39, 0.29) is 11.9 Å². The molecule has 0 aromatic rings. The van der Waals surface area contributed by atoms with Crippen LogP contribution < -0.4 is 10.6 Å². The van der Waals surface area contributed by atoms with E-state index in [9.17, 15) is 4.79 Å². The van der Waals surface area contributed by atoms with Gasteiger partial charge in [0.15, 0.2) is 0 Å². The first kappa shape index (κ1) is 16.4. The quantitative estimate of drug-likeness (QED) is 0.738. The molecule has 1 amide bonds. The normalized spacial score (nSPS) is 19.6. The van der Waals surface area contributed by atoms with Gasteiger partial charge in [-0.25, -0.2) is 0 Å². The first-order valence-electron chi connectivity index (χ1n) is 7.79. The average molecular weight is 269 g/mol. The molecule has 1 unspecified atom stereocenters. The molecule has 0 aromatic heterocycles. The number of hydrogen-bond donors (Lipinski definition) is 2. The lowest BCUT2D eigenvalue weighted by molar-refractivity contribution is -0.126. The van der Waals surface area contributed by atoms with Crippen molar-refractivity contribution in [3.63, 3.8) is 0 Å². The van der Waals surface area contributed by atoms with Crippen LogP contribution in [0.4, 0.5) is 0 Å². The highest BCUT2D eigenvalue weighted by atomic mass is 16.2. The average Bonchev–Trinajstić information content (AvgIpc) is 2.42. The predicted octanol–water partition coefficient (Wildman–Crippen LogP) is 1.61. The number of carbonyl (C=O) groups excluding carboxylic acids is 1. The van der Waals surface area contributed by atoms with Crippen molar-refractivity contribution >= 4 is 5.91 Å².